The van der Waals surface area contributed by atoms with Crippen molar-refractivity contribution >= 4 is 0 Å². The lowest BCUT2D eigenvalue weighted by molar-refractivity contribution is 0.421. The summed E-state index contributed by atoms with van der Waals surface area (Å²) in [5.41, 5.74) is 7.17. The summed E-state index contributed by atoms with van der Waals surface area (Å²) in [5.74, 6) is 0. The van der Waals surface area contributed by atoms with Crippen LogP contribution in [-0.4, -0.2) is 18.6 Å². The highest BCUT2D eigenvalue weighted by molar-refractivity contribution is 5.14. The first kappa shape index (κ1) is 13.2. The molecule has 0 spiro atoms. The Balaban J connectivity index is 2.34. The second-order valence-corrected chi connectivity index (χ2v) is 4.43. The van der Waals surface area contributed by atoms with Gasteiger partial charge in [-0.15, -0.1) is 0 Å². The van der Waals surface area contributed by atoms with Crippen LogP contribution in [-0.2, 0) is 6.42 Å². The number of hydrogen-bond donors (Lipinski definition) is 2. The molecular formula is C14H24N2. The fraction of sp³-hybridized carbons (Fsp3) is 0.571. The number of benzene rings is 1. The number of rotatable bonds is 7. The number of aryl methyl sites for hydroxylation is 1. The average Bonchev–Trinajstić information content (AvgIpc) is 2.35. The van der Waals surface area contributed by atoms with Crippen molar-refractivity contribution in [2.45, 2.75) is 45.2 Å². The van der Waals surface area contributed by atoms with Crippen LogP contribution >= 0.6 is 0 Å². The van der Waals surface area contributed by atoms with Crippen LogP contribution in [0, 0.1) is 0 Å². The first-order valence-electron chi connectivity index (χ1n) is 6.26. The summed E-state index contributed by atoms with van der Waals surface area (Å²) >= 11 is 0. The van der Waals surface area contributed by atoms with E-state index in [4.69, 9.17) is 5.73 Å². The van der Waals surface area contributed by atoms with E-state index in [-0.39, 0.29) is 0 Å². The minimum Gasteiger partial charge on any atom is -0.329 e. The molecule has 2 heteroatoms. The van der Waals surface area contributed by atoms with Crippen molar-refractivity contribution in [3.63, 3.8) is 0 Å². The van der Waals surface area contributed by atoms with Crippen LogP contribution in [0.25, 0.3) is 0 Å². The van der Waals surface area contributed by atoms with E-state index in [1.807, 2.05) is 0 Å². The SMILES string of the molecule is CCC(C)NC(CN)CCc1ccccc1. The third kappa shape index (κ3) is 4.77. The third-order valence-corrected chi connectivity index (χ3v) is 3.04. The zero-order chi connectivity index (χ0) is 11.8. The molecule has 2 unspecified atom stereocenters. The number of nitrogens with one attached hydrogen (secondary N) is 1. The minimum absolute atomic E-state index is 0.440. The van der Waals surface area contributed by atoms with Gasteiger partial charge in [0.25, 0.3) is 0 Å². The summed E-state index contributed by atoms with van der Waals surface area (Å²) in [6.45, 7) is 5.13. The summed E-state index contributed by atoms with van der Waals surface area (Å²) in [6.07, 6.45) is 3.37. The van der Waals surface area contributed by atoms with E-state index in [1.165, 1.54) is 5.56 Å². The predicted molar refractivity (Wildman–Crippen MR) is 70.5 cm³/mol. The molecule has 0 heterocycles. The maximum absolute atomic E-state index is 5.78. The maximum Gasteiger partial charge on any atom is 0.0195 e. The second kappa shape index (κ2) is 7.42. The molecule has 1 rings (SSSR count). The quantitative estimate of drug-likeness (QED) is 0.740. The standard InChI is InChI=1S/C14H24N2/c1-3-12(2)16-14(11-15)10-9-13-7-5-4-6-8-13/h4-8,12,14,16H,3,9-11,15H2,1-2H3. The van der Waals surface area contributed by atoms with Crippen LogP contribution in [0.5, 0.6) is 0 Å². The third-order valence-electron chi connectivity index (χ3n) is 3.04. The summed E-state index contributed by atoms with van der Waals surface area (Å²) in [4.78, 5) is 0. The molecule has 0 aliphatic rings. The van der Waals surface area contributed by atoms with Gasteiger partial charge >= 0.3 is 0 Å². The van der Waals surface area contributed by atoms with Crippen LogP contribution in [0.15, 0.2) is 30.3 Å². The first-order valence-corrected chi connectivity index (χ1v) is 6.26. The lowest BCUT2D eigenvalue weighted by Crippen LogP contribution is -2.41. The molecule has 2 nitrogen and oxygen atoms in total. The zero-order valence-corrected chi connectivity index (χ0v) is 10.4. The lowest BCUT2D eigenvalue weighted by Gasteiger charge is -2.21. The Hall–Kier alpha value is -0.860. The zero-order valence-electron chi connectivity index (χ0n) is 10.4. The fourth-order valence-corrected chi connectivity index (χ4v) is 1.78. The molecule has 1 aromatic carbocycles. The normalized spacial score (nSPS) is 14.7. The van der Waals surface area contributed by atoms with Crippen molar-refractivity contribution < 1.29 is 0 Å². The summed E-state index contributed by atoms with van der Waals surface area (Å²) in [5, 5.41) is 3.56. The Morgan fingerprint density at radius 1 is 1.25 bits per heavy atom. The number of hydrogen-bond acceptors (Lipinski definition) is 2. The van der Waals surface area contributed by atoms with E-state index < -0.39 is 0 Å². The monoisotopic (exact) mass is 220 g/mol. The predicted octanol–water partition coefficient (Wildman–Crippen LogP) is 2.33. The molecule has 0 bridgehead atoms. The molecule has 0 aromatic heterocycles. The van der Waals surface area contributed by atoms with Gasteiger partial charge < -0.3 is 11.1 Å². The highest BCUT2D eigenvalue weighted by Crippen LogP contribution is 2.05. The van der Waals surface area contributed by atoms with E-state index >= 15 is 0 Å². The summed E-state index contributed by atoms with van der Waals surface area (Å²) < 4.78 is 0. The largest absolute Gasteiger partial charge is 0.329 e. The van der Waals surface area contributed by atoms with Gasteiger partial charge in [0, 0.05) is 18.6 Å². The van der Waals surface area contributed by atoms with Gasteiger partial charge in [0.1, 0.15) is 0 Å². The molecule has 1 aromatic rings. The van der Waals surface area contributed by atoms with Crippen LogP contribution in [0.2, 0.25) is 0 Å². The molecule has 0 amide bonds. The molecular weight excluding hydrogens is 196 g/mol. The lowest BCUT2D eigenvalue weighted by atomic mass is 10.0. The molecule has 0 fully saturated rings. The van der Waals surface area contributed by atoms with Crippen molar-refractivity contribution in [1.29, 1.82) is 0 Å². The van der Waals surface area contributed by atoms with Gasteiger partial charge in [-0.2, -0.15) is 0 Å². The van der Waals surface area contributed by atoms with E-state index in [9.17, 15) is 0 Å². The average molecular weight is 220 g/mol. The van der Waals surface area contributed by atoms with Gasteiger partial charge in [-0.3, -0.25) is 0 Å². The van der Waals surface area contributed by atoms with E-state index in [0.29, 0.717) is 12.1 Å². The van der Waals surface area contributed by atoms with Gasteiger partial charge in [0.2, 0.25) is 0 Å². The van der Waals surface area contributed by atoms with E-state index in [1.54, 1.807) is 0 Å². The van der Waals surface area contributed by atoms with Gasteiger partial charge in [-0.1, -0.05) is 37.3 Å². The van der Waals surface area contributed by atoms with Crippen molar-refractivity contribution in [3.05, 3.63) is 35.9 Å². The Kier molecular flexibility index (Phi) is 6.12. The molecule has 0 saturated carbocycles. The van der Waals surface area contributed by atoms with Crippen LogP contribution in [0.1, 0.15) is 32.3 Å². The summed E-state index contributed by atoms with van der Waals surface area (Å²) in [7, 11) is 0. The molecule has 0 aliphatic carbocycles. The number of nitrogens with two attached hydrogens (primary N) is 1. The van der Waals surface area contributed by atoms with Crippen molar-refractivity contribution in [3.8, 4) is 0 Å². The highest BCUT2D eigenvalue weighted by atomic mass is 15.0. The van der Waals surface area contributed by atoms with E-state index in [0.717, 1.165) is 25.8 Å². The molecule has 0 radical (unpaired) electrons. The molecule has 2 atom stereocenters. The molecule has 0 saturated heterocycles. The Morgan fingerprint density at radius 2 is 1.94 bits per heavy atom. The second-order valence-electron chi connectivity index (χ2n) is 4.43. The van der Waals surface area contributed by atoms with Crippen LogP contribution in [0.3, 0.4) is 0 Å². The smallest absolute Gasteiger partial charge is 0.0195 e. The van der Waals surface area contributed by atoms with Gasteiger partial charge in [0.05, 0.1) is 0 Å². The van der Waals surface area contributed by atoms with Crippen LogP contribution < -0.4 is 11.1 Å². The first-order chi connectivity index (χ1) is 7.76. The van der Waals surface area contributed by atoms with Gasteiger partial charge in [-0.05, 0) is 31.7 Å². The highest BCUT2D eigenvalue weighted by Gasteiger charge is 2.08. The minimum atomic E-state index is 0.440. The topological polar surface area (TPSA) is 38.0 Å². The molecule has 0 aliphatic heterocycles. The fourth-order valence-electron chi connectivity index (χ4n) is 1.78. The van der Waals surface area contributed by atoms with Crippen molar-refractivity contribution in [1.82, 2.24) is 5.32 Å². The van der Waals surface area contributed by atoms with Crippen molar-refractivity contribution in [2.75, 3.05) is 6.54 Å². The van der Waals surface area contributed by atoms with Gasteiger partial charge in [-0.25, -0.2) is 0 Å². The Morgan fingerprint density at radius 3 is 2.50 bits per heavy atom. The Labute approximate surface area is 99.2 Å². The van der Waals surface area contributed by atoms with E-state index in [2.05, 4.69) is 49.5 Å². The Bertz CT molecular complexity index is 271. The molecule has 3 N–H and O–H groups in total. The van der Waals surface area contributed by atoms with Gasteiger partial charge in [0.15, 0.2) is 0 Å². The molecule has 90 valence electrons. The van der Waals surface area contributed by atoms with Crippen LogP contribution in [0.4, 0.5) is 0 Å². The molecule has 16 heavy (non-hydrogen) atoms. The maximum atomic E-state index is 5.78. The summed E-state index contributed by atoms with van der Waals surface area (Å²) in [6, 6.07) is 11.6. The van der Waals surface area contributed by atoms with Crippen molar-refractivity contribution in [2.24, 2.45) is 5.73 Å².